The van der Waals surface area contributed by atoms with E-state index in [2.05, 4.69) is 31.7 Å². The van der Waals surface area contributed by atoms with E-state index in [1.54, 1.807) is 6.07 Å². The standard InChI is InChI=1S/C25H35FN4O/c1-6-9-29(14-18(3)27)15-23(31)30-16-25(4,5)24-22(30)12-19(13-28-24)11-20-7-8-21(26)10-17(20)2/h7-8,10,12-13,18H,6,9,11,14-16,27H2,1-5H3. The maximum Gasteiger partial charge on any atom is 0.241 e. The van der Waals surface area contributed by atoms with Gasteiger partial charge in [0.2, 0.25) is 5.91 Å². The molecule has 1 amide bonds. The number of nitrogens with two attached hydrogens (primary N) is 1. The second-order valence-corrected chi connectivity index (χ2v) is 9.54. The molecule has 1 unspecified atom stereocenters. The van der Waals surface area contributed by atoms with Crippen LogP contribution in [-0.2, 0) is 16.6 Å². The Kier molecular flexibility index (Phi) is 7.12. The lowest BCUT2D eigenvalue weighted by atomic mass is 9.91. The highest BCUT2D eigenvalue weighted by molar-refractivity contribution is 5.97. The summed E-state index contributed by atoms with van der Waals surface area (Å²) in [5, 5.41) is 0. The van der Waals surface area contributed by atoms with Crippen molar-refractivity contribution in [3.63, 3.8) is 0 Å². The van der Waals surface area contributed by atoms with Gasteiger partial charge < -0.3 is 10.6 Å². The molecule has 31 heavy (non-hydrogen) atoms. The Morgan fingerprint density at radius 1 is 1.35 bits per heavy atom. The van der Waals surface area contributed by atoms with Crippen LogP contribution in [0.1, 0.15) is 56.5 Å². The maximum absolute atomic E-state index is 13.5. The van der Waals surface area contributed by atoms with Gasteiger partial charge in [-0.3, -0.25) is 14.7 Å². The zero-order chi connectivity index (χ0) is 22.8. The van der Waals surface area contributed by atoms with Gasteiger partial charge in [-0.15, -0.1) is 0 Å². The van der Waals surface area contributed by atoms with Crippen molar-refractivity contribution in [2.45, 2.75) is 58.9 Å². The number of amides is 1. The van der Waals surface area contributed by atoms with Crippen LogP contribution in [-0.4, -0.2) is 48.0 Å². The molecule has 1 atom stereocenters. The number of aryl methyl sites for hydroxylation is 1. The van der Waals surface area contributed by atoms with Crippen molar-refractivity contribution in [3.05, 3.63) is 58.7 Å². The largest absolute Gasteiger partial charge is 0.327 e. The summed E-state index contributed by atoms with van der Waals surface area (Å²) in [6.45, 7) is 12.8. The van der Waals surface area contributed by atoms with Crippen LogP contribution < -0.4 is 10.6 Å². The molecule has 2 heterocycles. The lowest BCUT2D eigenvalue weighted by Crippen LogP contribution is -2.45. The molecule has 3 rings (SSSR count). The molecule has 6 heteroatoms. The van der Waals surface area contributed by atoms with Gasteiger partial charge in [0, 0.05) is 30.7 Å². The predicted octanol–water partition coefficient (Wildman–Crippen LogP) is 3.80. The molecule has 5 nitrogen and oxygen atoms in total. The summed E-state index contributed by atoms with van der Waals surface area (Å²) in [5.41, 5.74) is 10.6. The van der Waals surface area contributed by atoms with E-state index in [1.807, 2.05) is 31.0 Å². The van der Waals surface area contributed by atoms with Crippen molar-refractivity contribution in [1.29, 1.82) is 0 Å². The third kappa shape index (κ3) is 5.49. The molecule has 1 aliphatic rings. The van der Waals surface area contributed by atoms with Crippen molar-refractivity contribution in [3.8, 4) is 0 Å². The first-order valence-electron chi connectivity index (χ1n) is 11.1. The number of rotatable bonds is 8. The van der Waals surface area contributed by atoms with Crippen molar-refractivity contribution in [2.24, 2.45) is 5.73 Å². The van der Waals surface area contributed by atoms with E-state index < -0.39 is 0 Å². The fourth-order valence-electron chi connectivity index (χ4n) is 4.41. The van der Waals surface area contributed by atoms with Crippen LogP contribution in [0.15, 0.2) is 30.5 Å². The summed E-state index contributed by atoms with van der Waals surface area (Å²) >= 11 is 0. The smallest absolute Gasteiger partial charge is 0.241 e. The number of benzene rings is 1. The van der Waals surface area contributed by atoms with Crippen molar-refractivity contribution >= 4 is 11.6 Å². The van der Waals surface area contributed by atoms with E-state index in [-0.39, 0.29) is 23.2 Å². The van der Waals surface area contributed by atoms with Crippen LogP contribution in [0.4, 0.5) is 10.1 Å². The Bertz CT molecular complexity index is 941. The summed E-state index contributed by atoms with van der Waals surface area (Å²) in [7, 11) is 0. The van der Waals surface area contributed by atoms with Gasteiger partial charge in [-0.2, -0.15) is 0 Å². The molecule has 0 aliphatic carbocycles. The van der Waals surface area contributed by atoms with E-state index in [0.717, 1.165) is 41.0 Å². The Balaban J connectivity index is 1.85. The molecule has 1 aromatic carbocycles. The van der Waals surface area contributed by atoms with Crippen molar-refractivity contribution < 1.29 is 9.18 Å². The zero-order valence-electron chi connectivity index (χ0n) is 19.4. The molecule has 0 fully saturated rings. The topological polar surface area (TPSA) is 62.5 Å². The molecular formula is C25H35FN4O. The monoisotopic (exact) mass is 426 g/mol. The van der Waals surface area contributed by atoms with Crippen LogP contribution >= 0.6 is 0 Å². The van der Waals surface area contributed by atoms with Gasteiger partial charge in [0.05, 0.1) is 17.9 Å². The van der Waals surface area contributed by atoms with Gasteiger partial charge in [-0.05, 0) is 68.1 Å². The number of carbonyl (C=O) groups excluding carboxylic acids is 1. The minimum absolute atomic E-state index is 0.0221. The van der Waals surface area contributed by atoms with E-state index in [4.69, 9.17) is 10.7 Å². The lowest BCUT2D eigenvalue weighted by Gasteiger charge is -2.27. The minimum Gasteiger partial charge on any atom is -0.327 e. The summed E-state index contributed by atoms with van der Waals surface area (Å²) in [6.07, 6.45) is 3.52. The summed E-state index contributed by atoms with van der Waals surface area (Å²) in [6, 6.07) is 6.96. The van der Waals surface area contributed by atoms with Gasteiger partial charge in [-0.1, -0.05) is 26.8 Å². The summed E-state index contributed by atoms with van der Waals surface area (Å²) in [5.74, 6) is -0.145. The normalized spacial score (nSPS) is 15.9. The van der Waals surface area contributed by atoms with E-state index in [0.29, 0.717) is 26.1 Å². The number of hydrogen-bond acceptors (Lipinski definition) is 4. The minimum atomic E-state index is -0.227. The van der Waals surface area contributed by atoms with E-state index in [1.165, 1.54) is 6.07 Å². The number of carbonyl (C=O) groups is 1. The molecule has 0 bridgehead atoms. The second-order valence-electron chi connectivity index (χ2n) is 9.54. The van der Waals surface area contributed by atoms with E-state index >= 15 is 0 Å². The fraction of sp³-hybridized carbons (Fsp3) is 0.520. The average Bonchev–Trinajstić information content (AvgIpc) is 2.94. The average molecular weight is 427 g/mol. The molecule has 0 saturated heterocycles. The van der Waals surface area contributed by atoms with Crippen LogP contribution in [0.3, 0.4) is 0 Å². The van der Waals surface area contributed by atoms with Crippen LogP contribution in [0.25, 0.3) is 0 Å². The molecule has 1 aliphatic heterocycles. The highest BCUT2D eigenvalue weighted by Crippen LogP contribution is 2.39. The first-order chi connectivity index (χ1) is 14.6. The molecule has 2 aromatic rings. The van der Waals surface area contributed by atoms with Crippen LogP contribution in [0, 0.1) is 12.7 Å². The van der Waals surface area contributed by atoms with Crippen LogP contribution in [0.5, 0.6) is 0 Å². The van der Waals surface area contributed by atoms with E-state index in [9.17, 15) is 9.18 Å². The lowest BCUT2D eigenvalue weighted by molar-refractivity contribution is -0.119. The molecule has 0 saturated carbocycles. The maximum atomic E-state index is 13.5. The molecule has 1 aromatic heterocycles. The third-order valence-electron chi connectivity index (χ3n) is 5.85. The van der Waals surface area contributed by atoms with Crippen molar-refractivity contribution in [2.75, 3.05) is 31.1 Å². The second kappa shape index (κ2) is 9.45. The number of nitrogens with zero attached hydrogens (tertiary/aromatic N) is 3. The van der Waals surface area contributed by atoms with Crippen LogP contribution in [0.2, 0.25) is 0 Å². The number of halogens is 1. The highest BCUT2D eigenvalue weighted by Gasteiger charge is 2.39. The van der Waals surface area contributed by atoms with Crippen molar-refractivity contribution in [1.82, 2.24) is 9.88 Å². The molecular weight excluding hydrogens is 391 g/mol. The number of fused-ring (bicyclic) bond motifs is 1. The first-order valence-corrected chi connectivity index (χ1v) is 11.1. The Morgan fingerprint density at radius 3 is 2.74 bits per heavy atom. The van der Waals surface area contributed by atoms with Gasteiger partial charge in [0.1, 0.15) is 5.82 Å². The molecule has 0 spiro atoms. The van der Waals surface area contributed by atoms with Gasteiger partial charge >= 0.3 is 0 Å². The summed E-state index contributed by atoms with van der Waals surface area (Å²) < 4.78 is 13.5. The van der Waals surface area contributed by atoms with Gasteiger partial charge in [0.15, 0.2) is 0 Å². The predicted molar refractivity (Wildman–Crippen MR) is 124 cm³/mol. The van der Waals surface area contributed by atoms with Gasteiger partial charge in [0.25, 0.3) is 0 Å². The Morgan fingerprint density at radius 2 is 2.10 bits per heavy atom. The molecule has 168 valence electrons. The third-order valence-corrected chi connectivity index (χ3v) is 5.85. The number of anilines is 1. The molecule has 2 N–H and O–H groups in total. The number of aromatic nitrogens is 1. The van der Waals surface area contributed by atoms with Gasteiger partial charge in [-0.25, -0.2) is 4.39 Å². The number of pyridine rings is 1. The Hall–Kier alpha value is -2.31. The summed E-state index contributed by atoms with van der Waals surface area (Å²) in [4.78, 5) is 22.1. The highest BCUT2D eigenvalue weighted by atomic mass is 19.1. The molecule has 0 radical (unpaired) electrons. The SMILES string of the molecule is CCCN(CC(=O)N1CC(C)(C)c2ncc(Cc3ccc(F)cc3C)cc21)CC(C)N. The first kappa shape index (κ1) is 23.4. The number of hydrogen-bond donors (Lipinski definition) is 1. The fourth-order valence-corrected chi connectivity index (χ4v) is 4.41. The quantitative estimate of drug-likeness (QED) is 0.697. The zero-order valence-corrected chi connectivity index (χ0v) is 19.4. The Labute approximate surface area is 185 Å².